The van der Waals surface area contributed by atoms with E-state index >= 15 is 0 Å². The molecule has 1 aliphatic heterocycles. The van der Waals surface area contributed by atoms with Crippen LogP contribution in [0.25, 0.3) is 0 Å². The van der Waals surface area contributed by atoms with Crippen molar-refractivity contribution in [2.24, 2.45) is 5.92 Å². The lowest BCUT2D eigenvalue weighted by atomic mass is 9.91. The Morgan fingerprint density at radius 2 is 2.40 bits per heavy atom. The highest BCUT2D eigenvalue weighted by Crippen LogP contribution is 2.17. The second-order valence-corrected chi connectivity index (χ2v) is 3.64. The molecule has 0 aliphatic carbocycles. The SMILES string of the molecule is CC1CCCNC1CCS. The Morgan fingerprint density at radius 3 is 3.00 bits per heavy atom. The van der Waals surface area contributed by atoms with Gasteiger partial charge >= 0.3 is 0 Å². The van der Waals surface area contributed by atoms with E-state index < -0.39 is 0 Å². The first-order valence-electron chi connectivity index (χ1n) is 4.19. The molecule has 0 aromatic rings. The molecule has 2 unspecified atom stereocenters. The summed E-state index contributed by atoms with van der Waals surface area (Å²) >= 11 is 4.23. The van der Waals surface area contributed by atoms with E-state index in [0.717, 1.165) is 17.7 Å². The van der Waals surface area contributed by atoms with Gasteiger partial charge in [-0.3, -0.25) is 0 Å². The molecule has 10 heavy (non-hydrogen) atoms. The molecule has 0 bridgehead atoms. The Bertz CT molecular complexity index is 93.3. The van der Waals surface area contributed by atoms with E-state index in [1.165, 1.54) is 25.8 Å². The molecule has 0 saturated carbocycles. The summed E-state index contributed by atoms with van der Waals surface area (Å²) in [5, 5.41) is 3.52. The molecule has 60 valence electrons. The number of nitrogens with one attached hydrogen (secondary N) is 1. The maximum absolute atomic E-state index is 4.23. The summed E-state index contributed by atoms with van der Waals surface area (Å²) in [5.41, 5.74) is 0. The van der Waals surface area contributed by atoms with Crippen molar-refractivity contribution in [3.8, 4) is 0 Å². The third-order valence-corrected chi connectivity index (χ3v) is 2.63. The van der Waals surface area contributed by atoms with Crippen molar-refractivity contribution in [1.29, 1.82) is 0 Å². The van der Waals surface area contributed by atoms with E-state index in [1.54, 1.807) is 0 Å². The van der Waals surface area contributed by atoms with Crippen molar-refractivity contribution in [1.82, 2.24) is 5.32 Å². The predicted molar refractivity (Wildman–Crippen MR) is 48.7 cm³/mol. The Labute approximate surface area is 69.0 Å². The summed E-state index contributed by atoms with van der Waals surface area (Å²) in [5.74, 6) is 1.88. The summed E-state index contributed by atoms with van der Waals surface area (Å²) in [6.45, 7) is 3.54. The predicted octanol–water partition coefficient (Wildman–Crippen LogP) is 1.69. The van der Waals surface area contributed by atoms with Crippen molar-refractivity contribution in [2.75, 3.05) is 12.3 Å². The van der Waals surface area contributed by atoms with Gasteiger partial charge in [-0.15, -0.1) is 0 Å². The van der Waals surface area contributed by atoms with E-state index in [9.17, 15) is 0 Å². The molecule has 1 heterocycles. The van der Waals surface area contributed by atoms with E-state index in [0.29, 0.717) is 0 Å². The molecule has 1 nitrogen and oxygen atoms in total. The van der Waals surface area contributed by atoms with Crippen LogP contribution in [-0.2, 0) is 0 Å². The Morgan fingerprint density at radius 1 is 1.60 bits per heavy atom. The molecule has 1 aliphatic rings. The Hall–Kier alpha value is 0.310. The highest BCUT2D eigenvalue weighted by atomic mass is 32.1. The average Bonchev–Trinajstić information content (AvgIpc) is 1.94. The molecular formula is C8H17NS. The Balaban J connectivity index is 2.25. The van der Waals surface area contributed by atoms with Crippen LogP contribution in [0.5, 0.6) is 0 Å². The van der Waals surface area contributed by atoms with Crippen LogP contribution in [0.15, 0.2) is 0 Å². The summed E-state index contributed by atoms with van der Waals surface area (Å²) in [7, 11) is 0. The zero-order valence-corrected chi connectivity index (χ0v) is 7.53. The highest BCUT2D eigenvalue weighted by molar-refractivity contribution is 7.80. The van der Waals surface area contributed by atoms with Crippen LogP contribution >= 0.6 is 12.6 Å². The lowest BCUT2D eigenvalue weighted by Gasteiger charge is -2.29. The maximum Gasteiger partial charge on any atom is 0.0100 e. The zero-order chi connectivity index (χ0) is 7.40. The van der Waals surface area contributed by atoms with Gasteiger partial charge in [-0.25, -0.2) is 0 Å². The standard InChI is InChI=1S/C8H17NS/c1-7-3-2-5-9-8(7)4-6-10/h7-10H,2-6H2,1H3. The molecule has 1 rings (SSSR count). The molecule has 0 aromatic carbocycles. The average molecular weight is 159 g/mol. The quantitative estimate of drug-likeness (QED) is 0.584. The number of hydrogen-bond acceptors (Lipinski definition) is 2. The molecule has 0 aromatic heterocycles. The molecule has 1 fully saturated rings. The Kier molecular flexibility index (Phi) is 3.57. The van der Waals surface area contributed by atoms with Crippen molar-refractivity contribution in [2.45, 2.75) is 32.2 Å². The third-order valence-electron chi connectivity index (χ3n) is 2.37. The molecule has 1 saturated heterocycles. The monoisotopic (exact) mass is 159 g/mol. The van der Waals surface area contributed by atoms with Gasteiger partial charge in [0.2, 0.25) is 0 Å². The third kappa shape index (κ3) is 2.17. The zero-order valence-electron chi connectivity index (χ0n) is 6.64. The van der Waals surface area contributed by atoms with E-state index in [-0.39, 0.29) is 0 Å². The minimum absolute atomic E-state index is 0.742. The van der Waals surface area contributed by atoms with Gasteiger partial charge < -0.3 is 5.32 Å². The fourth-order valence-corrected chi connectivity index (χ4v) is 1.92. The van der Waals surface area contributed by atoms with Crippen LogP contribution in [0, 0.1) is 5.92 Å². The minimum Gasteiger partial charge on any atom is -0.314 e. The van der Waals surface area contributed by atoms with Crippen molar-refractivity contribution in [3.05, 3.63) is 0 Å². The van der Waals surface area contributed by atoms with Gasteiger partial charge in [-0.1, -0.05) is 6.92 Å². The van der Waals surface area contributed by atoms with Gasteiger partial charge in [0.25, 0.3) is 0 Å². The van der Waals surface area contributed by atoms with Gasteiger partial charge in [0.1, 0.15) is 0 Å². The molecule has 0 spiro atoms. The first kappa shape index (κ1) is 8.41. The largest absolute Gasteiger partial charge is 0.314 e. The first-order chi connectivity index (χ1) is 4.84. The second kappa shape index (κ2) is 4.24. The van der Waals surface area contributed by atoms with Crippen molar-refractivity contribution < 1.29 is 0 Å². The lowest BCUT2D eigenvalue weighted by molar-refractivity contribution is 0.295. The lowest BCUT2D eigenvalue weighted by Crippen LogP contribution is -2.40. The summed E-state index contributed by atoms with van der Waals surface area (Å²) in [4.78, 5) is 0. The molecule has 2 heteroatoms. The molecule has 0 radical (unpaired) electrons. The molecule has 0 amide bonds. The topological polar surface area (TPSA) is 12.0 Å². The van der Waals surface area contributed by atoms with Crippen molar-refractivity contribution >= 4 is 12.6 Å². The van der Waals surface area contributed by atoms with Crippen LogP contribution in [-0.4, -0.2) is 18.3 Å². The van der Waals surface area contributed by atoms with Gasteiger partial charge in [0, 0.05) is 6.04 Å². The number of piperidine rings is 1. The van der Waals surface area contributed by atoms with E-state index in [4.69, 9.17) is 0 Å². The van der Waals surface area contributed by atoms with Gasteiger partial charge in [0.05, 0.1) is 0 Å². The molecule has 1 N–H and O–H groups in total. The first-order valence-corrected chi connectivity index (χ1v) is 4.82. The fourth-order valence-electron chi connectivity index (χ4n) is 1.64. The van der Waals surface area contributed by atoms with Crippen LogP contribution < -0.4 is 5.32 Å². The normalized spacial score (nSPS) is 34.2. The minimum atomic E-state index is 0.742. The summed E-state index contributed by atoms with van der Waals surface area (Å²) in [6.07, 6.45) is 3.97. The van der Waals surface area contributed by atoms with E-state index in [2.05, 4.69) is 24.9 Å². The number of rotatable bonds is 2. The van der Waals surface area contributed by atoms with Gasteiger partial charge in [-0.05, 0) is 37.5 Å². The van der Waals surface area contributed by atoms with Gasteiger partial charge in [0.15, 0.2) is 0 Å². The highest BCUT2D eigenvalue weighted by Gasteiger charge is 2.18. The van der Waals surface area contributed by atoms with Gasteiger partial charge in [-0.2, -0.15) is 12.6 Å². The second-order valence-electron chi connectivity index (χ2n) is 3.19. The number of thiol groups is 1. The smallest absolute Gasteiger partial charge is 0.0100 e. The van der Waals surface area contributed by atoms with E-state index in [1.807, 2.05) is 0 Å². The van der Waals surface area contributed by atoms with Crippen LogP contribution in [0.2, 0.25) is 0 Å². The van der Waals surface area contributed by atoms with Crippen LogP contribution in [0.1, 0.15) is 26.2 Å². The number of hydrogen-bond donors (Lipinski definition) is 2. The maximum atomic E-state index is 4.23. The molecular weight excluding hydrogens is 142 g/mol. The summed E-state index contributed by atoms with van der Waals surface area (Å²) < 4.78 is 0. The van der Waals surface area contributed by atoms with Crippen molar-refractivity contribution in [3.63, 3.8) is 0 Å². The van der Waals surface area contributed by atoms with Crippen LogP contribution in [0.3, 0.4) is 0 Å². The summed E-state index contributed by atoms with van der Waals surface area (Å²) in [6, 6.07) is 0.742. The van der Waals surface area contributed by atoms with Crippen LogP contribution in [0.4, 0.5) is 0 Å². The fraction of sp³-hybridized carbons (Fsp3) is 1.00. The molecule has 2 atom stereocenters.